The Labute approximate surface area is 103 Å². The normalized spacial score (nSPS) is 18.9. The van der Waals surface area contributed by atoms with E-state index in [9.17, 15) is 13.6 Å². The van der Waals surface area contributed by atoms with E-state index in [0.29, 0.717) is 5.75 Å². The number of carbonyl (C=O) groups excluding carboxylic acids is 1. The molecular formula is C12H14F2N2O2. The SMILES string of the molecule is CC1Oc2ccc(C(F)(F)CCN)cc2NC1=O. The topological polar surface area (TPSA) is 64.3 Å². The number of benzene rings is 1. The molecule has 0 spiro atoms. The molecule has 1 aliphatic heterocycles. The minimum atomic E-state index is -3.00. The molecule has 3 N–H and O–H groups in total. The molecule has 1 amide bonds. The maximum atomic E-state index is 13.7. The average Bonchev–Trinajstić information content (AvgIpc) is 2.30. The van der Waals surface area contributed by atoms with Crippen molar-refractivity contribution >= 4 is 11.6 Å². The van der Waals surface area contributed by atoms with Crippen LogP contribution in [0.25, 0.3) is 0 Å². The van der Waals surface area contributed by atoms with Gasteiger partial charge in [-0.2, -0.15) is 0 Å². The number of hydrogen-bond acceptors (Lipinski definition) is 3. The fourth-order valence-corrected chi connectivity index (χ4v) is 1.76. The van der Waals surface area contributed by atoms with Crippen LogP contribution in [0.4, 0.5) is 14.5 Å². The number of rotatable bonds is 3. The Hall–Kier alpha value is -1.69. The number of ether oxygens (including phenoxy) is 1. The van der Waals surface area contributed by atoms with Gasteiger partial charge in [0.1, 0.15) is 5.75 Å². The van der Waals surface area contributed by atoms with Crippen molar-refractivity contribution in [2.24, 2.45) is 5.73 Å². The Balaban J connectivity index is 2.33. The molecule has 0 fully saturated rings. The maximum Gasteiger partial charge on any atom is 0.274 e. The van der Waals surface area contributed by atoms with Crippen LogP contribution in [0.15, 0.2) is 18.2 Å². The van der Waals surface area contributed by atoms with Gasteiger partial charge in [0.25, 0.3) is 11.8 Å². The smallest absolute Gasteiger partial charge is 0.274 e. The van der Waals surface area contributed by atoms with E-state index in [1.165, 1.54) is 18.2 Å². The van der Waals surface area contributed by atoms with Crippen molar-refractivity contribution in [2.45, 2.75) is 25.4 Å². The van der Waals surface area contributed by atoms with Gasteiger partial charge in [-0.15, -0.1) is 0 Å². The molecule has 1 atom stereocenters. The minimum Gasteiger partial charge on any atom is -0.479 e. The summed E-state index contributed by atoms with van der Waals surface area (Å²) in [6, 6.07) is 3.96. The highest BCUT2D eigenvalue weighted by Gasteiger charge is 2.32. The molecule has 1 aromatic rings. The highest BCUT2D eigenvalue weighted by atomic mass is 19.3. The molecule has 98 valence electrons. The molecule has 0 saturated carbocycles. The van der Waals surface area contributed by atoms with Crippen LogP contribution >= 0.6 is 0 Å². The number of hydrogen-bond donors (Lipinski definition) is 2. The third-order valence-electron chi connectivity index (χ3n) is 2.79. The van der Waals surface area contributed by atoms with E-state index in [1.54, 1.807) is 6.92 Å². The molecule has 18 heavy (non-hydrogen) atoms. The van der Waals surface area contributed by atoms with Crippen LogP contribution in [0.5, 0.6) is 5.75 Å². The van der Waals surface area contributed by atoms with Crippen molar-refractivity contribution in [3.8, 4) is 5.75 Å². The molecule has 0 saturated heterocycles. The van der Waals surface area contributed by atoms with E-state index in [1.807, 2.05) is 0 Å². The van der Waals surface area contributed by atoms with Gasteiger partial charge < -0.3 is 15.8 Å². The summed E-state index contributed by atoms with van der Waals surface area (Å²) in [5.41, 5.74) is 5.25. The number of fused-ring (bicyclic) bond motifs is 1. The third kappa shape index (κ3) is 2.28. The number of carbonyl (C=O) groups is 1. The summed E-state index contributed by atoms with van der Waals surface area (Å²) in [6.45, 7) is 1.49. The lowest BCUT2D eigenvalue weighted by atomic mass is 10.0. The number of halogens is 2. The third-order valence-corrected chi connectivity index (χ3v) is 2.79. The number of nitrogens with two attached hydrogens (primary N) is 1. The molecule has 0 radical (unpaired) electrons. The van der Waals surface area contributed by atoms with E-state index >= 15 is 0 Å². The van der Waals surface area contributed by atoms with Crippen LogP contribution in [-0.2, 0) is 10.7 Å². The van der Waals surface area contributed by atoms with E-state index < -0.39 is 18.4 Å². The lowest BCUT2D eigenvalue weighted by molar-refractivity contribution is -0.122. The molecule has 2 rings (SSSR count). The Bertz CT molecular complexity index is 477. The Morgan fingerprint density at radius 3 is 2.89 bits per heavy atom. The molecule has 1 aliphatic rings. The monoisotopic (exact) mass is 256 g/mol. The highest BCUT2D eigenvalue weighted by molar-refractivity contribution is 5.97. The summed E-state index contributed by atoms with van der Waals surface area (Å²) in [4.78, 5) is 11.4. The molecule has 1 unspecified atom stereocenters. The Morgan fingerprint density at radius 2 is 2.22 bits per heavy atom. The lowest BCUT2D eigenvalue weighted by Gasteiger charge is -2.25. The largest absolute Gasteiger partial charge is 0.479 e. The maximum absolute atomic E-state index is 13.7. The van der Waals surface area contributed by atoms with Gasteiger partial charge >= 0.3 is 0 Å². The Kier molecular flexibility index (Phi) is 3.21. The van der Waals surface area contributed by atoms with Gasteiger partial charge in [0.2, 0.25) is 0 Å². The number of nitrogens with one attached hydrogen (secondary N) is 1. The summed E-state index contributed by atoms with van der Waals surface area (Å²) in [7, 11) is 0. The fraction of sp³-hybridized carbons (Fsp3) is 0.417. The first kappa shape index (κ1) is 12.8. The van der Waals surface area contributed by atoms with E-state index in [2.05, 4.69) is 5.32 Å². The number of alkyl halides is 2. The number of anilines is 1. The minimum absolute atomic E-state index is 0.107. The molecule has 4 nitrogen and oxygen atoms in total. The molecule has 0 aromatic heterocycles. The summed E-state index contributed by atoms with van der Waals surface area (Å²) in [6.07, 6.45) is -1.05. The zero-order valence-corrected chi connectivity index (χ0v) is 9.87. The zero-order chi connectivity index (χ0) is 13.3. The second-order valence-corrected chi connectivity index (χ2v) is 4.20. The van der Waals surface area contributed by atoms with Crippen molar-refractivity contribution in [2.75, 3.05) is 11.9 Å². The predicted molar refractivity (Wildman–Crippen MR) is 62.7 cm³/mol. The summed E-state index contributed by atoms with van der Waals surface area (Å²) >= 11 is 0. The first-order valence-electron chi connectivity index (χ1n) is 5.64. The van der Waals surface area contributed by atoms with Crippen LogP contribution in [0.1, 0.15) is 18.9 Å². The van der Waals surface area contributed by atoms with Crippen molar-refractivity contribution in [1.29, 1.82) is 0 Å². The predicted octanol–water partition coefficient (Wildman–Crippen LogP) is 1.85. The molecule has 6 heteroatoms. The van der Waals surface area contributed by atoms with Crippen LogP contribution in [0, 0.1) is 0 Å². The second kappa shape index (κ2) is 4.53. The van der Waals surface area contributed by atoms with Crippen molar-refractivity contribution < 1.29 is 18.3 Å². The lowest BCUT2D eigenvalue weighted by Crippen LogP contribution is -2.34. The van der Waals surface area contributed by atoms with Crippen LogP contribution in [0.3, 0.4) is 0 Å². The molecule has 1 aromatic carbocycles. The fourth-order valence-electron chi connectivity index (χ4n) is 1.76. The molecule has 0 aliphatic carbocycles. The summed E-state index contributed by atoms with van der Waals surface area (Å²) < 4.78 is 32.6. The molecule has 1 heterocycles. The quantitative estimate of drug-likeness (QED) is 0.867. The van der Waals surface area contributed by atoms with Gasteiger partial charge in [-0.1, -0.05) is 0 Å². The van der Waals surface area contributed by atoms with Crippen molar-refractivity contribution in [3.63, 3.8) is 0 Å². The summed E-state index contributed by atoms with van der Waals surface area (Å²) in [5, 5.41) is 2.54. The first-order valence-corrected chi connectivity index (χ1v) is 5.64. The number of amides is 1. The van der Waals surface area contributed by atoms with Gasteiger partial charge in [0.15, 0.2) is 6.10 Å². The average molecular weight is 256 g/mol. The van der Waals surface area contributed by atoms with Gasteiger partial charge in [0.05, 0.1) is 5.69 Å². The Morgan fingerprint density at radius 1 is 1.50 bits per heavy atom. The van der Waals surface area contributed by atoms with E-state index in [0.717, 1.165) is 0 Å². The summed E-state index contributed by atoms with van der Waals surface area (Å²) in [5.74, 6) is -2.95. The van der Waals surface area contributed by atoms with E-state index in [-0.39, 0.29) is 23.7 Å². The van der Waals surface area contributed by atoms with E-state index in [4.69, 9.17) is 10.5 Å². The first-order chi connectivity index (χ1) is 8.44. The molecule has 0 bridgehead atoms. The van der Waals surface area contributed by atoms with Gasteiger partial charge in [-0.05, 0) is 31.7 Å². The van der Waals surface area contributed by atoms with Crippen LogP contribution < -0.4 is 15.8 Å². The molecular weight excluding hydrogens is 242 g/mol. The second-order valence-electron chi connectivity index (χ2n) is 4.20. The highest BCUT2D eigenvalue weighted by Crippen LogP contribution is 2.37. The standard InChI is InChI=1S/C12H14F2N2O2/c1-7-11(17)16-9-6-8(2-3-10(9)18-7)12(13,14)4-5-15/h2-3,6-7H,4-5,15H2,1H3,(H,16,17). The van der Waals surface area contributed by atoms with Gasteiger partial charge in [0, 0.05) is 12.0 Å². The van der Waals surface area contributed by atoms with Crippen molar-refractivity contribution in [3.05, 3.63) is 23.8 Å². The van der Waals surface area contributed by atoms with Crippen molar-refractivity contribution in [1.82, 2.24) is 0 Å². The van der Waals surface area contributed by atoms with Gasteiger partial charge in [-0.3, -0.25) is 4.79 Å². The van der Waals surface area contributed by atoms with Crippen LogP contribution in [-0.4, -0.2) is 18.6 Å². The zero-order valence-electron chi connectivity index (χ0n) is 9.87. The van der Waals surface area contributed by atoms with Crippen LogP contribution in [0.2, 0.25) is 0 Å². The van der Waals surface area contributed by atoms with Gasteiger partial charge in [-0.25, -0.2) is 8.78 Å².